The van der Waals surface area contributed by atoms with Crippen molar-refractivity contribution in [3.05, 3.63) is 59.4 Å². The van der Waals surface area contributed by atoms with E-state index in [0.717, 1.165) is 17.0 Å². The monoisotopic (exact) mass is 327 g/mol. The van der Waals surface area contributed by atoms with Crippen LogP contribution < -0.4 is 15.4 Å². The quantitative estimate of drug-likeness (QED) is 0.826. The highest BCUT2D eigenvalue weighted by Crippen LogP contribution is 2.31. The molecule has 2 aromatic rings. The van der Waals surface area contributed by atoms with Gasteiger partial charge in [-0.15, -0.1) is 0 Å². The molecule has 5 heteroatoms. The molecule has 0 bridgehead atoms. The van der Waals surface area contributed by atoms with Crippen LogP contribution in [0.3, 0.4) is 0 Å². The molecule has 0 saturated heterocycles. The number of nitrogens with zero attached hydrogens (tertiary/aromatic N) is 1. The summed E-state index contributed by atoms with van der Waals surface area (Å²) in [6.45, 7) is 8.97. The summed E-state index contributed by atoms with van der Waals surface area (Å²) >= 11 is 0. The number of aryl methyl sites for hydroxylation is 1. The van der Waals surface area contributed by atoms with E-state index in [-0.39, 0.29) is 18.2 Å². The second-order valence-electron chi connectivity index (χ2n) is 6.72. The van der Waals surface area contributed by atoms with E-state index < -0.39 is 0 Å². The molecule has 0 atom stereocenters. The van der Waals surface area contributed by atoms with Gasteiger partial charge in [0.1, 0.15) is 5.75 Å². The van der Waals surface area contributed by atoms with Crippen molar-refractivity contribution in [1.29, 1.82) is 0 Å². The van der Waals surface area contributed by atoms with Crippen LogP contribution in [0.2, 0.25) is 0 Å². The van der Waals surface area contributed by atoms with Crippen LogP contribution >= 0.6 is 0 Å². The minimum absolute atomic E-state index is 0.0252. The van der Waals surface area contributed by atoms with Crippen molar-refractivity contribution < 1.29 is 9.53 Å². The molecular formula is C19H25N3O2. The molecule has 0 unspecified atom stereocenters. The molecule has 2 rings (SSSR count). The van der Waals surface area contributed by atoms with Crippen molar-refractivity contribution in [2.75, 3.05) is 6.73 Å². The standard InChI is InChI=1S/C19H25N3O2/c1-14-8-9-17(16(11-14)19(2,3)4)24-13-22-18(23)21-12-15-7-5-6-10-20-15/h5-11H,12-13H2,1-4H3,(H2,21,22,23). The summed E-state index contributed by atoms with van der Waals surface area (Å²) in [4.78, 5) is 16.0. The van der Waals surface area contributed by atoms with Crippen LogP contribution in [0, 0.1) is 6.92 Å². The lowest BCUT2D eigenvalue weighted by Crippen LogP contribution is -2.37. The highest BCUT2D eigenvalue weighted by molar-refractivity contribution is 5.73. The maximum Gasteiger partial charge on any atom is 0.317 e. The molecule has 0 aliphatic heterocycles. The van der Waals surface area contributed by atoms with Crippen LogP contribution in [0.15, 0.2) is 42.6 Å². The first-order chi connectivity index (χ1) is 11.4. The lowest BCUT2D eigenvalue weighted by atomic mass is 9.85. The molecule has 2 amide bonds. The van der Waals surface area contributed by atoms with E-state index >= 15 is 0 Å². The first-order valence-electron chi connectivity index (χ1n) is 8.02. The highest BCUT2D eigenvalue weighted by atomic mass is 16.5. The Morgan fingerprint density at radius 2 is 1.96 bits per heavy atom. The second kappa shape index (κ2) is 7.81. The molecule has 1 aromatic carbocycles. The highest BCUT2D eigenvalue weighted by Gasteiger charge is 2.19. The van der Waals surface area contributed by atoms with Crippen molar-refractivity contribution in [1.82, 2.24) is 15.6 Å². The Morgan fingerprint density at radius 3 is 2.62 bits per heavy atom. The SMILES string of the molecule is Cc1ccc(OCNC(=O)NCc2ccccn2)c(C(C)(C)C)c1. The minimum Gasteiger partial charge on any atom is -0.473 e. The van der Waals surface area contributed by atoms with Gasteiger partial charge in [-0.2, -0.15) is 0 Å². The molecule has 0 fully saturated rings. The number of nitrogens with one attached hydrogen (secondary N) is 2. The van der Waals surface area contributed by atoms with Crippen molar-refractivity contribution in [2.45, 2.75) is 39.7 Å². The summed E-state index contributed by atoms with van der Waals surface area (Å²) in [6, 6.07) is 11.4. The average Bonchev–Trinajstić information content (AvgIpc) is 2.54. The fourth-order valence-corrected chi connectivity index (χ4v) is 2.27. The van der Waals surface area contributed by atoms with Crippen LogP contribution in [-0.2, 0) is 12.0 Å². The molecule has 2 N–H and O–H groups in total. The molecule has 24 heavy (non-hydrogen) atoms. The van der Waals surface area contributed by atoms with Gasteiger partial charge in [-0.1, -0.05) is 44.5 Å². The van der Waals surface area contributed by atoms with E-state index in [1.54, 1.807) is 6.20 Å². The van der Waals surface area contributed by atoms with Gasteiger partial charge in [0, 0.05) is 6.20 Å². The molecule has 1 heterocycles. The van der Waals surface area contributed by atoms with Gasteiger partial charge < -0.3 is 15.4 Å². The number of urea groups is 1. The van der Waals surface area contributed by atoms with E-state index in [9.17, 15) is 4.79 Å². The lowest BCUT2D eigenvalue weighted by Gasteiger charge is -2.23. The Balaban J connectivity index is 1.85. The first kappa shape index (κ1) is 17.8. The normalized spacial score (nSPS) is 11.0. The van der Waals surface area contributed by atoms with E-state index in [1.807, 2.05) is 30.3 Å². The summed E-state index contributed by atoms with van der Waals surface area (Å²) in [5, 5.41) is 5.44. The van der Waals surface area contributed by atoms with Gasteiger partial charge in [0.25, 0.3) is 0 Å². The van der Waals surface area contributed by atoms with Gasteiger partial charge in [0.05, 0.1) is 12.2 Å². The zero-order valence-electron chi connectivity index (χ0n) is 14.7. The maximum atomic E-state index is 11.8. The summed E-state index contributed by atoms with van der Waals surface area (Å²) in [5.41, 5.74) is 3.09. The number of ether oxygens (including phenoxy) is 1. The summed E-state index contributed by atoms with van der Waals surface area (Å²) in [7, 11) is 0. The zero-order valence-corrected chi connectivity index (χ0v) is 14.7. The molecule has 0 saturated carbocycles. The Hall–Kier alpha value is -2.56. The number of pyridine rings is 1. The van der Waals surface area contributed by atoms with Gasteiger partial charge in [0.15, 0.2) is 6.73 Å². The number of carbonyl (C=O) groups excluding carboxylic acids is 1. The van der Waals surface area contributed by atoms with Gasteiger partial charge >= 0.3 is 6.03 Å². The van der Waals surface area contributed by atoms with E-state index in [0.29, 0.717) is 6.54 Å². The van der Waals surface area contributed by atoms with Crippen molar-refractivity contribution in [3.8, 4) is 5.75 Å². The van der Waals surface area contributed by atoms with Crippen LogP contribution in [0.4, 0.5) is 4.79 Å². The number of rotatable bonds is 5. The maximum absolute atomic E-state index is 11.8. The molecule has 1 aromatic heterocycles. The average molecular weight is 327 g/mol. The summed E-state index contributed by atoms with van der Waals surface area (Å²) in [5.74, 6) is 0.790. The number of amides is 2. The fourth-order valence-electron chi connectivity index (χ4n) is 2.27. The van der Waals surface area contributed by atoms with Crippen LogP contribution in [0.25, 0.3) is 0 Å². The molecule has 128 valence electrons. The number of hydrogen-bond acceptors (Lipinski definition) is 3. The molecule has 0 spiro atoms. The lowest BCUT2D eigenvalue weighted by molar-refractivity contribution is 0.222. The molecule has 0 aliphatic carbocycles. The molecule has 5 nitrogen and oxygen atoms in total. The molecule has 0 radical (unpaired) electrons. The van der Waals surface area contributed by atoms with Crippen molar-refractivity contribution in [2.24, 2.45) is 0 Å². The Bertz CT molecular complexity index is 679. The Kier molecular flexibility index (Phi) is 5.79. The van der Waals surface area contributed by atoms with Crippen LogP contribution in [0.5, 0.6) is 5.75 Å². The van der Waals surface area contributed by atoms with Crippen LogP contribution in [0.1, 0.15) is 37.6 Å². The number of aromatic nitrogens is 1. The Morgan fingerprint density at radius 1 is 1.17 bits per heavy atom. The fraction of sp³-hybridized carbons (Fsp3) is 0.368. The first-order valence-corrected chi connectivity index (χ1v) is 8.02. The number of benzene rings is 1. The number of hydrogen-bond donors (Lipinski definition) is 2. The van der Waals surface area contributed by atoms with Crippen molar-refractivity contribution >= 4 is 6.03 Å². The predicted octanol–water partition coefficient (Wildman–Crippen LogP) is 3.52. The van der Waals surface area contributed by atoms with Gasteiger partial charge in [-0.05, 0) is 36.1 Å². The third-order valence-corrected chi connectivity index (χ3v) is 3.56. The van der Waals surface area contributed by atoms with Crippen molar-refractivity contribution in [3.63, 3.8) is 0 Å². The second-order valence-corrected chi connectivity index (χ2v) is 6.72. The summed E-state index contributed by atoms with van der Waals surface area (Å²) < 4.78 is 5.75. The van der Waals surface area contributed by atoms with E-state index in [4.69, 9.17) is 4.74 Å². The minimum atomic E-state index is -0.287. The van der Waals surface area contributed by atoms with Gasteiger partial charge in [-0.3, -0.25) is 4.98 Å². The molecular weight excluding hydrogens is 302 g/mol. The zero-order chi connectivity index (χ0) is 17.6. The molecule has 0 aliphatic rings. The van der Waals surface area contributed by atoms with Crippen LogP contribution in [-0.4, -0.2) is 17.7 Å². The van der Waals surface area contributed by atoms with Gasteiger partial charge in [0.2, 0.25) is 0 Å². The summed E-state index contributed by atoms with van der Waals surface area (Å²) in [6.07, 6.45) is 1.70. The van der Waals surface area contributed by atoms with Gasteiger partial charge in [-0.25, -0.2) is 4.79 Å². The third kappa shape index (κ3) is 5.26. The van der Waals surface area contributed by atoms with E-state index in [2.05, 4.69) is 49.4 Å². The predicted molar refractivity (Wildman–Crippen MR) is 95.0 cm³/mol. The topological polar surface area (TPSA) is 63.2 Å². The smallest absolute Gasteiger partial charge is 0.317 e. The number of carbonyl (C=O) groups is 1. The third-order valence-electron chi connectivity index (χ3n) is 3.56. The largest absolute Gasteiger partial charge is 0.473 e. The van der Waals surface area contributed by atoms with E-state index in [1.165, 1.54) is 5.56 Å². The Labute approximate surface area is 143 Å².